The second-order valence-electron chi connectivity index (χ2n) is 4.56. The summed E-state index contributed by atoms with van der Waals surface area (Å²) in [6, 6.07) is 5.66. The summed E-state index contributed by atoms with van der Waals surface area (Å²) in [4.78, 5) is 4.19. The fourth-order valence-electron chi connectivity index (χ4n) is 2.20. The topological polar surface area (TPSA) is 57.9 Å². The predicted molar refractivity (Wildman–Crippen MR) is 70.6 cm³/mol. The third-order valence-corrected chi connectivity index (χ3v) is 3.47. The lowest BCUT2D eigenvalue weighted by atomic mass is 9.93. The van der Waals surface area contributed by atoms with Gasteiger partial charge in [-0.15, -0.1) is 0 Å². The van der Waals surface area contributed by atoms with Gasteiger partial charge in [0.2, 0.25) is 0 Å². The summed E-state index contributed by atoms with van der Waals surface area (Å²) in [7, 11) is 0. The molecule has 0 bridgehead atoms. The monoisotopic (exact) mass is 265 g/mol. The van der Waals surface area contributed by atoms with E-state index in [1.165, 1.54) is 0 Å². The lowest BCUT2D eigenvalue weighted by Crippen LogP contribution is -2.31. The minimum Gasteiger partial charge on any atom is -0.381 e. The van der Waals surface area contributed by atoms with Gasteiger partial charge in [-0.1, -0.05) is 11.6 Å². The van der Waals surface area contributed by atoms with Crippen molar-refractivity contribution in [3.8, 4) is 6.07 Å². The van der Waals surface area contributed by atoms with Crippen LogP contribution in [-0.4, -0.2) is 24.2 Å². The molecule has 1 fully saturated rings. The first-order chi connectivity index (χ1) is 8.69. The summed E-state index contributed by atoms with van der Waals surface area (Å²) >= 11 is 5.88. The second-order valence-corrected chi connectivity index (χ2v) is 4.95. The van der Waals surface area contributed by atoms with Gasteiger partial charge in [0.25, 0.3) is 0 Å². The van der Waals surface area contributed by atoms with Crippen LogP contribution in [0.3, 0.4) is 0 Å². The number of halogens is 1. The number of anilines is 1. The molecular formula is C13H16ClN3O. The van der Waals surface area contributed by atoms with Gasteiger partial charge in [0.15, 0.2) is 0 Å². The minimum absolute atomic E-state index is 0.298. The molecule has 2 rings (SSSR count). The van der Waals surface area contributed by atoms with Gasteiger partial charge >= 0.3 is 0 Å². The molecule has 1 aliphatic rings. The van der Waals surface area contributed by atoms with Gasteiger partial charge in [-0.25, -0.2) is 4.98 Å². The van der Waals surface area contributed by atoms with Crippen molar-refractivity contribution < 1.29 is 4.74 Å². The molecule has 0 aliphatic carbocycles. The van der Waals surface area contributed by atoms with Crippen LogP contribution in [0, 0.1) is 17.2 Å². The van der Waals surface area contributed by atoms with E-state index >= 15 is 0 Å². The number of hydrogen-bond donors (Lipinski definition) is 1. The second kappa shape index (κ2) is 6.03. The predicted octanol–water partition coefficient (Wildman–Crippen LogP) is 2.83. The van der Waals surface area contributed by atoms with Crippen molar-refractivity contribution in [1.29, 1.82) is 5.26 Å². The Balaban J connectivity index is 2.04. The lowest BCUT2D eigenvalue weighted by Gasteiger charge is -2.28. The van der Waals surface area contributed by atoms with Crippen molar-refractivity contribution >= 4 is 17.4 Å². The van der Waals surface area contributed by atoms with E-state index in [1.807, 2.05) is 0 Å². The van der Waals surface area contributed by atoms with Crippen LogP contribution in [0.15, 0.2) is 12.1 Å². The molecule has 1 aromatic heterocycles. The van der Waals surface area contributed by atoms with E-state index in [1.54, 1.807) is 12.1 Å². The van der Waals surface area contributed by atoms with Crippen molar-refractivity contribution in [2.45, 2.75) is 25.8 Å². The lowest BCUT2D eigenvalue weighted by molar-refractivity contribution is 0.0622. The highest BCUT2D eigenvalue weighted by atomic mass is 35.5. The Hall–Kier alpha value is -1.31. The maximum Gasteiger partial charge on any atom is 0.132 e. The van der Waals surface area contributed by atoms with Crippen LogP contribution < -0.4 is 5.32 Å². The number of aromatic nitrogens is 1. The van der Waals surface area contributed by atoms with E-state index < -0.39 is 0 Å². The molecule has 1 aliphatic heterocycles. The Kier molecular flexibility index (Phi) is 4.40. The SMILES string of the molecule is CC(Nc1cc(C#N)cc(Cl)n1)C1CCOCC1. The van der Waals surface area contributed by atoms with Crippen LogP contribution in [0.25, 0.3) is 0 Å². The summed E-state index contributed by atoms with van der Waals surface area (Å²) in [6.07, 6.45) is 2.11. The zero-order valence-corrected chi connectivity index (χ0v) is 11.1. The molecule has 0 amide bonds. The third kappa shape index (κ3) is 3.34. The Morgan fingerprint density at radius 3 is 2.89 bits per heavy atom. The van der Waals surface area contributed by atoms with E-state index in [9.17, 15) is 0 Å². The molecule has 1 N–H and O–H groups in total. The highest BCUT2D eigenvalue weighted by molar-refractivity contribution is 6.29. The van der Waals surface area contributed by atoms with E-state index in [-0.39, 0.29) is 0 Å². The van der Waals surface area contributed by atoms with Crippen LogP contribution >= 0.6 is 11.6 Å². The maximum absolute atomic E-state index is 8.89. The fraction of sp³-hybridized carbons (Fsp3) is 0.538. The van der Waals surface area contributed by atoms with Gasteiger partial charge in [-0.05, 0) is 37.8 Å². The van der Waals surface area contributed by atoms with Gasteiger partial charge < -0.3 is 10.1 Å². The molecule has 0 aromatic carbocycles. The highest BCUT2D eigenvalue weighted by Gasteiger charge is 2.20. The van der Waals surface area contributed by atoms with E-state index in [0.29, 0.717) is 28.5 Å². The van der Waals surface area contributed by atoms with E-state index in [4.69, 9.17) is 21.6 Å². The molecule has 5 heteroatoms. The van der Waals surface area contributed by atoms with E-state index in [0.717, 1.165) is 26.1 Å². The van der Waals surface area contributed by atoms with Crippen LogP contribution in [0.5, 0.6) is 0 Å². The number of ether oxygens (including phenoxy) is 1. The number of pyridine rings is 1. The molecular weight excluding hydrogens is 250 g/mol. The number of rotatable bonds is 3. The van der Waals surface area contributed by atoms with Gasteiger partial charge in [0, 0.05) is 19.3 Å². The van der Waals surface area contributed by atoms with Crippen LogP contribution in [0.2, 0.25) is 5.15 Å². The number of nitrogens with zero attached hydrogens (tertiary/aromatic N) is 2. The first-order valence-corrected chi connectivity index (χ1v) is 6.49. The summed E-state index contributed by atoms with van der Waals surface area (Å²) < 4.78 is 5.35. The summed E-state index contributed by atoms with van der Waals surface area (Å²) in [5.41, 5.74) is 0.525. The molecule has 96 valence electrons. The van der Waals surface area contributed by atoms with Gasteiger partial charge in [0.05, 0.1) is 11.6 Å². The van der Waals surface area contributed by atoms with Crippen molar-refractivity contribution in [2.24, 2.45) is 5.92 Å². The van der Waals surface area contributed by atoms with Crippen molar-refractivity contribution in [1.82, 2.24) is 4.98 Å². The van der Waals surface area contributed by atoms with Crippen LogP contribution in [-0.2, 0) is 4.74 Å². The Bertz CT molecular complexity index is 452. The Morgan fingerprint density at radius 1 is 1.50 bits per heavy atom. The average Bonchev–Trinajstić information content (AvgIpc) is 2.39. The number of nitrogens with one attached hydrogen (secondary N) is 1. The molecule has 1 atom stereocenters. The first kappa shape index (κ1) is 13.1. The van der Waals surface area contributed by atoms with Crippen LogP contribution in [0.1, 0.15) is 25.3 Å². The Morgan fingerprint density at radius 2 is 2.22 bits per heavy atom. The zero-order chi connectivity index (χ0) is 13.0. The van der Waals surface area contributed by atoms with Gasteiger partial charge in [0.1, 0.15) is 11.0 Å². The molecule has 0 saturated carbocycles. The normalized spacial score (nSPS) is 18.1. The minimum atomic E-state index is 0.298. The largest absolute Gasteiger partial charge is 0.381 e. The number of hydrogen-bond acceptors (Lipinski definition) is 4. The zero-order valence-electron chi connectivity index (χ0n) is 10.3. The molecule has 2 heterocycles. The van der Waals surface area contributed by atoms with Gasteiger partial charge in [-0.2, -0.15) is 5.26 Å². The summed E-state index contributed by atoms with van der Waals surface area (Å²) in [5.74, 6) is 1.24. The first-order valence-electron chi connectivity index (χ1n) is 6.11. The van der Waals surface area contributed by atoms with Gasteiger partial charge in [-0.3, -0.25) is 0 Å². The molecule has 1 saturated heterocycles. The van der Waals surface area contributed by atoms with E-state index in [2.05, 4.69) is 23.3 Å². The molecule has 0 radical (unpaired) electrons. The molecule has 18 heavy (non-hydrogen) atoms. The standard InChI is InChI=1S/C13H16ClN3O/c1-9(11-2-4-18-5-3-11)16-13-7-10(8-15)6-12(14)17-13/h6-7,9,11H,2-5H2,1H3,(H,16,17). The molecule has 0 spiro atoms. The average molecular weight is 266 g/mol. The highest BCUT2D eigenvalue weighted by Crippen LogP contribution is 2.22. The molecule has 1 unspecified atom stereocenters. The Labute approximate surface area is 112 Å². The summed E-state index contributed by atoms with van der Waals surface area (Å²) in [6.45, 7) is 3.77. The van der Waals surface area contributed by atoms with Crippen LogP contribution in [0.4, 0.5) is 5.82 Å². The summed E-state index contributed by atoms with van der Waals surface area (Å²) in [5, 5.41) is 12.6. The van der Waals surface area contributed by atoms with Crippen molar-refractivity contribution in [3.05, 3.63) is 22.8 Å². The number of nitriles is 1. The maximum atomic E-state index is 8.89. The quantitative estimate of drug-likeness (QED) is 0.854. The van der Waals surface area contributed by atoms with Crippen molar-refractivity contribution in [2.75, 3.05) is 18.5 Å². The molecule has 1 aromatic rings. The molecule has 4 nitrogen and oxygen atoms in total. The smallest absolute Gasteiger partial charge is 0.132 e. The fourth-order valence-corrected chi connectivity index (χ4v) is 2.41. The third-order valence-electron chi connectivity index (χ3n) is 3.27. The van der Waals surface area contributed by atoms with Crippen molar-refractivity contribution in [3.63, 3.8) is 0 Å².